The minimum Gasteiger partial charge on any atom is -0.481 e. The van der Waals surface area contributed by atoms with E-state index in [4.69, 9.17) is 14.7 Å². The molecule has 1 saturated heterocycles. The quantitative estimate of drug-likeness (QED) is 0.475. The monoisotopic (exact) mass is 501 g/mol. The summed E-state index contributed by atoms with van der Waals surface area (Å²) in [5.74, 6) is 3.41. The number of hydrogen-bond donors (Lipinski definition) is 2. The maximum atomic E-state index is 13.6. The molecule has 8 nitrogen and oxygen atoms in total. The Morgan fingerprint density at radius 1 is 1.11 bits per heavy atom. The number of fused-ring (bicyclic) bond motifs is 2. The number of benzene rings is 1. The molecule has 1 aliphatic carbocycles. The second kappa shape index (κ2) is 8.61. The predicted octanol–water partition coefficient (Wildman–Crippen LogP) is 4.59. The minimum absolute atomic E-state index is 0.0928. The summed E-state index contributed by atoms with van der Waals surface area (Å²) >= 11 is 0. The van der Waals surface area contributed by atoms with Gasteiger partial charge in [0.05, 0.1) is 13.2 Å². The first-order valence-corrected chi connectivity index (χ1v) is 12.6. The second-order valence-electron chi connectivity index (χ2n) is 10.7. The minimum atomic E-state index is -0.253. The third kappa shape index (κ3) is 3.84. The Morgan fingerprint density at radius 3 is 2.62 bits per heavy atom. The van der Waals surface area contributed by atoms with E-state index in [-0.39, 0.29) is 17.3 Å². The fourth-order valence-corrected chi connectivity index (χ4v) is 6.10. The molecular weight excluding hydrogens is 469 g/mol. The summed E-state index contributed by atoms with van der Waals surface area (Å²) in [6, 6.07) is 10.7. The molecule has 192 valence electrons. The van der Waals surface area contributed by atoms with Gasteiger partial charge in [0.15, 0.2) is 0 Å². The van der Waals surface area contributed by atoms with Crippen LogP contribution in [0.3, 0.4) is 0 Å². The first-order valence-electron chi connectivity index (χ1n) is 12.6. The smallest absolute Gasteiger partial charge is 0.227 e. The van der Waals surface area contributed by atoms with Crippen LogP contribution < -0.4 is 25.2 Å². The molecule has 0 radical (unpaired) electrons. The average Bonchev–Trinajstić information content (AvgIpc) is 3.43. The molecule has 3 aromatic rings. The first kappa shape index (κ1) is 23.5. The maximum absolute atomic E-state index is 13.6. The molecule has 3 aliphatic rings. The fraction of sp³-hybridized carbons (Fsp3) is 0.393. The van der Waals surface area contributed by atoms with Gasteiger partial charge in [0, 0.05) is 73.1 Å². The molecule has 2 fully saturated rings. The van der Waals surface area contributed by atoms with Gasteiger partial charge in [-0.25, -0.2) is 9.37 Å². The van der Waals surface area contributed by atoms with Crippen LogP contribution in [0.2, 0.25) is 0 Å². The number of ether oxygens (including phenoxy) is 1. The van der Waals surface area contributed by atoms with E-state index in [2.05, 4.69) is 45.8 Å². The van der Waals surface area contributed by atoms with Crippen LogP contribution in [-0.4, -0.2) is 54.8 Å². The highest BCUT2D eigenvalue weighted by Crippen LogP contribution is 2.49. The zero-order chi connectivity index (χ0) is 25.9. The van der Waals surface area contributed by atoms with Crippen LogP contribution in [-0.2, 0) is 5.41 Å². The number of hydrogen-bond acceptors (Lipinski definition) is 8. The Kier molecular flexibility index (Phi) is 5.47. The van der Waals surface area contributed by atoms with Gasteiger partial charge in [-0.15, -0.1) is 0 Å². The molecule has 37 heavy (non-hydrogen) atoms. The number of aromatic nitrogens is 3. The number of nitrogens with zero attached hydrogens (tertiary/aromatic N) is 5. The molecule has 2 aliphatic heterocycles. The number of halogens is 1. The highest BCUT2D eigenvalue weighted by atomic mass is 19.1. The lowest BCUT2D eigenvalue weighted by Gasteiger charge is -2.42. The summed E-state index contributed by atoms with van der Waals surface area (Å²) in [4.78, 5) is 18.6. The topological polar surface area (TPSA) is 78.4 Å². The first-order chi connectivity index (χ1) is 17.8. The van der Waals surface area contributed by atoms with Crippen molar-refractivity contribution < 1.29 is 9.13 Å². The Bertz CT molecular complexity index is 1360. The van der Waals surface area contributed by atoms with Gasteiger partial charge in [0.2, 0.25) is 11.8 Å². The van der Waals surface area contributed by atoms with Gasteiger partial charge in [-0.2, -0.15) is 9.97 Å². The second-order valence-corrected chi connectivity index (χ2v) is 10.7. The largest absolute Gasteiger partial charge is 0.481 e. The van der Waals surface area contributed by atoms with Crippen molar-refractivity contribution in [3.63, 3.8) is 0 Å². The van der Waals surface area contributed by atoms with E-state index in [0.29, 0.717) is 23.7 Å². The Balaban J connectivity index is 1.28. The third-order valence-corrected chi connectivity index (χ3v) is 8.00. The third-order valence-electron chi connectivity index (χ3n) is 8.00. The Labute approximate surface area is 216 Å². The number of pyridine rings is 1. The molecule has 6 rings (SSSR count). The number of rotatable bonds is 6. The summed E-state index contributed by atoms with van der Waals surface area (Å²) < 4.78 is 18.9. The van der Waals surface area contributed by atoms with Gasteiger partial charge in [0.1, 0.15) is 17.5 Å². The van der Waals surface area contributed by atoms with Gasteiger partial charge in [-0.3, -0.25) is 0 Å². The molecule has 0 amide bonds. The van der Waals surface area contributed by atoms with Gasteiger partial charge < -0.3 is 25.2 Å². The SMILES string of the molecule is C=C1C2CN(c3ccnc(OC)c3)CC2C1Nc1nc(NC)c2c(n1)N(c1ccc(F)cc1)CC2(C)C. The van der Waals surface area contributed by atoms with Crippen molar-refractivity contribution in [3.8, 4) is 5.88 Å². The van der Waals surface area contributed by atoms with Gasteiger partial charge in [0.25, 0.3) is 0 Å². The van der Waals surface area contributed by atoms with Gasteiger partial charge in [-0.05, 0) is 35.9 Å². The maximum Gasteiger partial charge on any atom is 0.227 e. The molecule has 1 saturated carbocycles. The molecule has 2 N–H and O–H groups in total. The highest BCUT2D eigenvalue weighted by molar-refractivity contribution is 5.76. The van der Waals surface area contributed by atoms with Crippen LogP contribution in [0.4, 0.5) is 33.3 Å². The van der Waals surface area contributed by atoms with Crippen molar-refractivity contribution in [2.45, 2.75) is 25.3 Å². The number of anilines is 5. The molecule has 9 heteroatoms. The van der Waals surface area contributed by atoms with E-state index in [1.54, 1.807) is 25.4 Å². The van der Waals surface area contributed by atoms with Crippen molar-refractivity contribution in [1.29, 1.82) is 0 Å². The normalized spacial score (nSPS) is 23.4. The fourth-order valence-electron chi connectivity index (χ4n) is 6.10. The summed E-state index contributed by atoms with van der Waals surface area (Å²) in [6.45, 7) is 11.3. The highest BCUT2D eigenvalue weighted by Gasteiger charge is 2.51. The summed E-state index contributed by atoms with van der Waals surface area (Å²) in [5.41, 5.74) is 4.08. The molecule has 4 heterocycles. The van der Waals surface area contributed by atoms with Crippen LogP contribution in [0, 0.1) is 17.7 Å². The zero-order valence-corrected chi connectivity index (χ0v) is 21.6. The molecule has 0 bridgehead atoms. The van der Waals surface area contributed by atoms with E-state index in [1.165, 1.54) is 17.7 Å². The van der Waals surface area contributed by atoms with Crippen LogP contribution in [0.25, 0.3) is 0 Å². The molecule has 3 unspecified atom stereocenters. The number of methoxy groups -OCH3 is 1. The van der Waals surface area contributed by atoms with Crippen LogP contribution in [0.5, 0.6) is 5.88 Å². The predicted molar refractivity (Wildman–Crippen MR) is 145 cm³/mol. The lowest BCUT2D eigenvalue weighted by atomic mass is 9.68. The lowest BCUT2D eigenvalue weighted by Crippen LogP contribution is -2.48. The van der Waals surface area contributed by atoms with E-state index >= 15 is 0 Å². The molecule has 3 atom stereocenters. The summed E-state index contributed by atoms with van der Waals surface area (Å²) in [5, 5.41) is 6.88. The molecule has 2 aromatic heterocycles. The van der Waals surface area contributed by atoms with Crippen molar-refractivity contribution in [2.75, 3.05) is 54.2 Å². The van der Waals surface area contributed by atoms with Gasteiger partial charge in [-0.1, -0.05) is 20.4 Å². The van der Waals surface area contributed by atoms with Crippen LogP contribution in [0.1, 0.15) is 19.4 Å². The summed E-state index contributed by atoms with van der Waals surface area (Å²) in [6.07, 6.45) is 1.78. The Morgan fingerprint density at radius 2 is 1.89 bits per heavy atom. The number of nitrogens with one attached hydrogen (secondary N) is 2. The van der Waals surface area contributed by atoms with Gasteiger partial charge >= 0.3 is 0 Å². The standard InChI is InChI=1S/C28H32FN7O/c1-16-20-13-35(19-10-11-31-22(12-19)37-5)14-21(20)24(16)32-27-33-25(30-4)23-26(34-27)36(15-28(23,2)3)18-8-6-17(29)7-9-18/h6-12,20-21,24H,1,13-15H2,2-5H3,(H2,30,32,33,34). The van der Waals surface area contributed by atoms with E-state index in [1.807, 2.05) is 19.2 Å². The van der Waals surface area contributed by atoms with E-state index in [9.17, 15) is 4.39 Å². The molecule has 0 spiro atoms. The molecular formula is C28H32FN7O. The van der Waals surface area contributed by atoms with E-state index in [0.717, 1.165) is 48.2 Å². The van der Waals surface area contributed by atoms with E-state index < -0.39 is 0 Å². The van der Waals surface area contributed by atoms with Crippen molar-refractivity contribution in [1.82, 2.24) is 15.0 Å². The van der Waals surface area contributed by atoms with Crippen LogP contribution >= 0.6 is 0 Å². The molecule has 1 aromatic carbocycles. The Hall–Kier alpha value is -3.88. The zero-order valence-electron chi connectivity index (χ0n) is 21.6. The van der Waals surface area contributed by atoms with Crippen molar-refractivity contribution in [3.05, 3.63) is 66.1 Å². The lowest BCUT2D eigenvalue weighted by molar-refractivity contribution is 0.320. The van der Waals surface area contributed by atoms with Crippen LogP contribution in [0.15, 0.2) is 54.7 Å². The van der Waals surface area contributed by atoms with Crippen molar-refractivity contribution in [2.24, 2.45) is 11.8 Å². The van der Waals surface area contributed by atoms with Crippen molar-refractivity contribution >= 4 is 29.0 Å². The summed E-state index contributed by atoms with van der Waals surface area (Å²) in [7, 11) is 3.52. The average molecular weight is 502 g/mol.